The van der Waals surface area contributed by atoms with Crippen molar-refractivity contribution in [2.24, 2.45) is 0 Å². The topological polar surface area (TPSA) is 0 Å². The van der Waals surface area contributed by atoms with Gasteiger partial charge in [-0.25, -0.2) is 0 Å². The van der Waals surface area contributed by atoms with Crippen LogP contribution in [0.5, 0.6) is 0 Å². The first-order chi connectivity index (χ1) is 6.36. The molecule has 0 atom stereocenters. The molecule has 0 bridgehead atoms. The second-order valence-electron chi connectivity index (χ2n) is 4.92. The van der Waals surface area contributed by atoms with Gasteiger partial charge in [0, 0.05) is 18.1 Å². The Morgan fingerprint density at radius 3 is 1.93 bits per heavy atom. The van der Waals surface area contributed by atoms with Crippen molar-refractivity contribution in [2.45, 2.75) is 27.7 Å². The minimum atomic E-state index is 0.909. The molecular formula is C13H19N+. The summed E-state index contributed by atoms with van der Waals surface area (Å²) >= 11 is 0. The average molecular weight is 189 g/mol. The molecule has 1 radical (unpaired) electrons. The molecule has 2 aliphatic rings. The van der Waals surface area contributed by atoms with Crippen LogP contribution < -0.4 is 0 Å². The average Bonchev–Trinajstić information content (AvgIpc) is 2.44. The Morgan fingerprint density at radius 1 is 0.857 bits per heavy atom. The first-order valence-electron chi connectivity index (χ1n) is 5.16. The number of nitrogens with zero attached hydrogens (tertiary/aromatic N) is 1. The van der Waals surface area contributed by atoms with Gasteiger partial charge in [-0.1, -0.05) is 0 Å². The number of hydrogen-bond acceptors (Lipinski definition) is 0. The monoisotopic (exact) mass is 189 g/mol. The summed E-state index contributed by atoms with van der Waals surface area (Å²) in [7, 11) is 4.48. The lowest BCUT2D eigenvalue weighted by Gasteiger charge is -2.24. The van der Waals surface area contributed by atoms with E-state index in [1.165, 1.54) is 33.6 Å². The third-order valence-corrected chi connectivity index (χ3v) is 3.85. The van der Waals surface area contributed by atoms with Gasteiger partial charge in [0.15, 0.2) is 6.54 Å². The maximum atomic E-state index is 2.36. The lowest BCUT2D eigenvalue weighted by Crippen LogP contribution is -2.31. The van der Waals surface area contributed by atoms with Gasteiger partial charge in [0.25, 0.3) is 0 Å². The summed E-state index contributed by atoms with van der Waals surface area (Å²) in [6.45, 7) is 11.3. The van der Waals surface area contributed by atoms with Crippen LogP contribution >= 0.6 is 0 Å². The second kappa shape index (κ2) is 2.60. The molecule has 0 saturated heterocycles. The molecule has 0 aromatic heterocycles. The fraction of sp³-hybridized carbons (Fsp3) is 0.462. The van der Waals surface area contributed by atoms with Gasteiger partial charge < -0.3 is 0 Å². The fourth-order valence-electron chi connectivity index (χ4n) is 2.40. The Kier molecular flexibility index (Phi) is 1.81. The maximum absolute atomic E-state index is 2.36. The molecule has 0 aromatic carbocycles. The van der Waals surface area contributed by atoms with Crippen LogP contribution in [0, 0.1) is 6.54 Å². The Bertz CT molecular complexity index is 403. The van der Waals surface area contributed by atoms with E-state index in [0.717, 1.165) is 4.48 Å². The summed E-state index contributed by atoms with van der Waals surface area (Å²) in [5.74, 6) is 0. The van der Waals surface area contributed by atoms with Crippen molar-refractivity contribution in [1.29, 1.82) is 0 Å². The van der Waals surface area contributed by atoms with Gasteiger partial charge in [-0.05, 0) is 37.5 Å². The normalized spacial score (nSPS) is 25.3. The molecule has 0 aromatic rings. The highest BCUT2D eigenvalue weighted by atomic mass is 15.3. The lowest BCUT2D eigenvalue weighted by molar-refractivity contribution is -0.813. The summed E-state index contributed by atoms with van der Waals surface area (Å²) in [6.07, 6.45) is 0. The number of rotatable bonds is 0. The van der Waals surface area contributed by atoms with Crippen molar-refractivity contribution in [3.63, 3.8) is 0 Å². The number of hydrogen-bond donors (Lipinski definition) is 0. The Morgan fingerprint density at radius 2 is 1.43 bits per heavy atom. The molecule has 0 amide bonds. The van der Waals surface area contributed by atoms with Crippen molar-refractivity contribution in [1.82, 2.24) is 0 Å². The number of fused-ring (bicyclic) bond motifs is 1. The Labute approximate surface area is 87.0 Å². The zero-order chi connectivity index (χ0) is 10.7. The highest BCUT2D eigenvalue weighted by molar-refractivity contribution is 5.66. The van der Waals surface area contributed by atoms with E-state index in [1.807, 2.05) is 0 Å². The van der Waals surface area contributed by atoms with Crippen LogP contribution in [-0.4, -0.2) is 18.6 Å². The summed E-state index contributed by atoms with van der Waals surface area (Å²) in [5, 5.41) is 0. The minimum absolute atomic E-state index is 0.909. The zero-order valence-corrected chi connectivity index (χ0v) is 10.0. The van der Waals surface area contributed by atoms with Gasteiger partial charge in [-0.15, -0.1) is 0 Å². The van der Waals surface area contributed by atoms with Crippen molar-refractivity contribution >= 4 is 0 Å². The summed E-state index contributed by atoms with van der Waals surface area (Å²) < 4.78 is 0.909. The molecule has 0 spiro atoms. The molecule has 0 N–H and O–H groups in total. The number of allylic oxidation sites excluding steroid dienone is 4. The molecule has 1 heteroatoms. The van der Waals surface area contributed by atoms with Gasteiger partial charge in [-0.3, -0.25) is 4.48 Å². The lowest BCUT2D eigenvalue weighted by atomic mass is 10.1. The van der Waals surface area contributed by atoms with Crippen LogP contribution in [-0.2, 0) is 0 Å². The summed E-state index contributed by atoms with van der Waals surface area (Å²) in [5.41, 5.74) is 8.81. The molecule has 2 rings (SSSR count). The molecule has 14 heavy (non-hydrogen) atoms. The van der Waals surface area contributed by atoms with Gasteiger partial charge in [0.1, 0.15) is 5.70 Å². The van der Waals surface area contributed by atoms with Crippen molar-refractivity contribution in [3.05, 3.63) is 40.1 Å². The van der Waals surface area contributed by atoms with Gasteiger partial charge in [0.2, 0.25) is 0 Å². The van der Waals surface area contributed by atoms with E-state index < -0.39 is 0 Å². The molecule has 0 fully saturated rings. The van der Waals surface area contributed by atoms with Crippen LogP contribution in [0.15, 0.2) is 33.6 Å². The Balaban J connectivity index is 2.68. The van der Waals surface area contributed by atoms with Crippen molar-refractivity contribution in [2.75, 3.05) is 14.1 Å². The first kappa shape index (κ1) is 9.72. The molecule has 0 saturated carbocycles. The smallest absolute Gasteiger partial charge is 0.177 e. The van der Waals surface area contributed by atoms with Gasteiger partial charge in [-0.2, -0.15) is 0 Å². The fourth-order valence-corrected chi connectivity index (χ4v) is 2.40. The van der Waals surface area contributed by atoms with Gasteiger partial charge >= 0.3 is 0 Å². The van der Waals surface area contributed by atoms with Crippen LogP contribution in [0.1, 0.15) is 27.7 Å². The number of quaternary nitrogens is 1. The minimum Gasteiger partial charge on any atom is -0.288 e. The maximum Gasteiger partial charge on any atom is 0.177 e. The molecule has 1 nitrogen and oxygen atoms in total. The first-order valence-corrected chi connectivity index (χ1v) is 5.16. The predicted octanol–water partition coefficient (Wildman–Crippen LogP) is 3.18. The molecule has 1 heterocycles. The second-order valence-corrected chi connectivity index (χ2v) is 4.92. The third-order valence-electron chi connectivity index (χ3n) is 3.85. The van der Waals surface area contributed by atoms with Gasteiger partial charge in [0.05, 0.1) is 14.1 Å². The van der Waals surface area contributed by atoms with Crippen LogP contribution in [0.3, 0.4) is 0 Å². The van der Waals surface area contributed by atoms with E-state index >= 15 is 0 Å². The van der Waals surface area contributed by atoms with E-state index in [9.17, 15) is 0 Å². The quantitative estimate of drug-likeness (QED) is 0.513. The van der Waals surface area contributed by atoms with Crippen LogP contribution in [0.4, 0.5) is 0 Å². The molecule has 0 unspecified atom stereocenters. The SMILES string of the molecule is CC1=C(C)C2=C(C)[N+](C)(C)[CH]C2=C1C. The highest BCUT2D eigenvalue weighted by Crippen LogP contribution is 2.47. The molecular weight excluding hydrogens is 170 g/mol. The largest absolute Gasteiger partial charge is 0.288 e. The standard InChI is InChI=1S/C13H19N/c1-8-9(2)12-7-14(5,6)11(4)13(12)10(8)3/h7H,1-6H3/q+1. The predicted molar refractivity (Wildman–Crippen MR) is 60.2 cm³/mol. The summed E-state index contributed by atoms with van der Waals surface area (Å²) in [6, 6.07) is 0. The summed E-state index contributed by atoms with van der Waals surface area (Å²) in [4.78, 5) is 0. The van der Waals surface area contributed by atoms with E-state index in [4.69, 9.17) is 0 Å². The molecule has 1 aliphatic carbocycles. The van der Waals surface area contributed by atoms with Crippen LogP contribution in [0.25, 0.3) is 0 Å². The van der Waals surface area contributed by atoms with E-state index in [0.29, 0.717) is 0 Å². The van der Waals surface area contributed by atoms with E-state index in [2.05, 4.69) is 48.3 Å². The third kappa shape index (κ3) is 0.992. The zero-order valence-electron chi connectivity index (χ0n) is 10.0. The highest BCUT2D eigenvalue weighted by Gasteiger charge is 2.40. The Hall–Kier alpha value is -0.820. The van der Waals surface area contributed by atoms with E-state index in [-0.39, 0.29) is 0 Å². The molecule has 75 valence electrons. The van der Waals surface area contributed by atoms with E-state index in [1.54, 1.807) is 0 Å². The van der Waals surface area contributed by atoms with Crippen molar-refractivity contribution < 1.29 is 4.48 Å². The molecule has 1 aliphatic heterocycles. The van der Waals surface area contributed by atoms with Crippen LogP contribution in [0.2, 0.25) is 0 Å². The number of likely N-dealkylation sites (N-methyl/N-ethyl adjacent to an activating group) is 1. The van der Waals surface area contributed by atoms with Crippen molar-refractivity contribution in [3.8, 4) is 0 Å².